The Kier molecular flexibility index (Phi) is 4.29. The monoisotopic (exact) mass is 316 g/mol. The fourth-order valence-corrected chi connectivity index (χ4v) is 2.62. The van der Waals surface area contributed by atoms with Crippen LogP contribution in [0, 0.1) is 6.92 Å². The maximum Gasteiger partial charge on any atom is 0.264 e. The van der Waals surface area contributed by atoms with Gasteiger partial charge in [0.05, 0.1) is 0 Å². The van der Waals surface area contributed by atoms with Crippen molar-refractivity contribution in [1.82, 2.24) is 10.1 Å². The van der Waals surface area contributed by atoms with Crippen molar-refractivity contribution in [1.29, 1.82) is 0 Å². The molecule has 0 aliphatic carbocycles. The van der Waals surface area contributed by atoms with E-state index in [9.17, 15) is 8.42 Å². The van der Waals surface area contributed by atoms with E-state index in [1.165, 1.54) is 6.07 Å². The highest BCUT2D eigenvalue weighted by atomic mass is 35.7. The Morgan fingerprint density at radius 3 is 2.75 bits per heavy atom. The molecule has 0 atom stereocenters. The summed E-state index contributed by atoms with van der Waals surface area (Å²) >= 11 is 0. The van der Waals surface area contributed by atoms with E-state index < -0.39 is 9.05 Å². The van der Waals surface area contributed by atoms with Gasteiger partial charge in [-0.2, -0.15) is 4.98 Å². The van der Waals surface area contributed by atoms with E-state index in [0.717, 1.165) is 5.56 Å². The Bertz CT molecular complexity index is 712. The van der Waals surface area contributed by atoms with Gasteiger partial charge >= 0.3 is 0 Å². The third kappa shape index (κ3) is 3.49. The lowest BCUT2D eigenvalue weighted by Crippen LogP contribution is -2.02. The molecule has 0 N–H and O–H groups in total. The molecule has 1 aromatic carbocycles. The largest absolute Gasteiger partial charge is 0.484 e. The zero-order valence-electron chi connectivity index (χ0n) is 11.0. The highest BCUT2D eigenvalue weighted by Crippen LogP contribution is 2.28. The van der Waals surface area contributed by atoms with E-state index in [-0.39, 0.29) is 17.3 Å². The number of rotatable bonds is 5. The summed E-state index contributed by atoms with van der Waals surface area (Å²) < 4.78 is 33.4. The van der Waals surface area contributed by atoms with Gasteiger partial charge in [-0.25, -0.2) is 8.42 Å². The van der Waals surface area contributed by atoms with E-state index in [2.05, 4.69) is 10.1 Å². The van der Waals surface area contributed by atoms with Gasteiger partial charge in [0.15, 0.2) is 6.61 Å². The number of halogens is 1. The topological polar surface area (TPSA) is 82.3 Å². The lowest BCUT2D eigenvalue weighted by Gasteiger charge is -2.08. The molecule has 0 aliphatic rings. The number of ether oxygens (including phenoxy) is 1. The van der Waals surface area contributed by atoms with Gasteiger partial charge in [0.25, 0.3) is 9.05 Å². The van der Waals surface area contributed by atoms with Crippen molar-refractivity contribution in [2.24, 2.45) is 0 Å². The number of aromatic nitrogens is 2. The molecule has 1 aromatic heterocycles. The van der Waals surface area contributed by atoms with Crippen LogP contribution in [0.25, 0.3) is 0 Å². The summed E-state index contributed by atoms with van der Waals surface area (Å²) in [5, 5.41) is 3.72. The van der Waals surface area contributed by atoms with Crippen LogP contribution >= 0.6 is 10.7 Å². The first-order valence-electron chi connectivity index (χ1n) is 5.89. The summed E-state index contributed by atoms with van der Waals surface area (Å²) in [5.74, 6) is 1.01. The first-order valence-corrected chi connectivity index (χ1v) is 8.20. The van der Waals surface area contributed by atoms with E-state index in [1.807, 2.05) is 6.92 Å². The summed E-state index contributed by atoms with van der Waals surface area (Å²) in [5.41, 5.74) is 0.768. The number of nitrogens with zero attached hydrogens (tertiary/aromatic N) is 2. The maximum atomic E-state index is 11.5. The maximum absolute atomic E-state index is 11.5. The molecule has 0 amide bonds. The second kappa shape index (κ2) is 5.80. The lowest BCUT2D eigenvalue weighted by molar-refractivity contribution is 0.278. The SMILES string of the molecule is CCc1nc(COc2ccc(C)cc2S(=O)(=O)Cl)no1. The summed E-state index contributed by atoms with van der Waals surface area (Å²) in [6, 6.07) is 4.73. The van der Waals surface area contributed by atoms with Crippen LogP contribution in [-0.2, 0) is 22.1 Å². The van der Waals surface area contributed by atoms with Gasteiger partial charge in [0.1, 0.15) is 10.6 Å². The van der Waals surface area contributed by atoms with E-state index in [1.54, 1.807) is 19.1 Å². The zero-order valence-corrected chi connectivity index (χ0v) is 12.5. The average Bonchev–Trinajstić information content (AvgIpc) is 2.84. The number of benzene rings is 1. The summed E-state index contributed by atoms with van der Waals surface area (Å²) in [7, 11) is 1.51. The van der Waals surface area contributed by atoms with Crippen molar-refractivity contribution in [3.8, 4) is 5.75 Å². The van der Waals surface area contributed by atoms with Gasteiger partial charge in [0.2, 0.25) is 11.7 Å². The standard InChI is InChI=1S/C12H13ClN2O4S/c1-3-12-14-11(15-19-12)7-18-9-5-4-8(2)6-10(9)20(13,16)17/h4-6H,3,7H2,1-2H3. The molecule has 0 spiro atoms. The predicted molar refractivity (Wildman–Crippen MR) is 72.2 cm³/mol. The molecule has 20 heavy (non-hydrogen) atoms. The molecule has 0 fully saturated rings. The van der Waals surface area contributed by atoms with Crippen LogP contribution in [0.5, 0.6) is 5.75 Å². The van der Waals surface area contributed by atoms with Crippen LogP contribution in [0.1, 0.15) is 24.2 Å². The fourth-order valence-electron chi connectivity index (χ4n) is 1.56. The molecule has 6 nitrogen and oxygen atoms in total. The molecule has 108 valence electrons. The minimum Gasteiger partial charge on any atom is -0.484 e. The van der Waals surface area contributed by atoms with Crippen LogP contribution in [0.3, 0.4) is 0 Å². The summed E-state index contributed by atoms with van der Waals surface area (Å²) in [6.45, 7) is 3.66. The lowest BCUT2D eigenvalue weighted by atomic mass is 10.2. The smallest absolute Gasteiger partial charge is 0.264 e. The highest BCUT2D eigenvalue weighted by molar-refractivity contribution is 8.13. The Labute approximate surface area is 121 Å². The van der Waals surface area contributed by atoms with Gasteiger partial charge < -0.3 is 9.26 Å². The van der Waals surface area contributed by atoms with E-state index in [0.29, 0.717) is 18.1 Å². The molecule has 8 heteroatoms. The van der Waals surface area contributed by atoms with Crippen LogP contribution in [0.15, 0.2) is 27.6 Å². The van der Waals surface area contributed by atoms with Crippen LogP contribution in [0.4, 0.5) is 0 Å². The Hall–Kier alpha value is -1.60. The molecule has 0 saturated heterocycles. The first kappa shape index (κ1) is 14.8. The summed E-state index contributed by atoms with van der Waals surface area (Å²) in [6.07, 6.45) is 0.624. The number of aryl methyl sites for hydroxylation is 2. The van der Waals surface area contributed by atoms with E-state index >= 15 is 0 Å². The number of hydrogen-bond acceptors (Lipinski definition) is 6. The summed E-state index contributed by atoms with van der Waals surface area (Å²) in [4.78, 5) is 4.00. The van der Waals surface area contributed by atoms with Crippen molar-refractivity contribution in [3.63, 3.8) is 0 Å². The molecule has 2 aromatic rings. The van der Waals surface area contributed by atoms with Crippen molar-refractivity contribution in [2.75, 3.05) is 0 Å². The quantitative estimate of drug-likeness (QED) is 0.788. The number of hydrogen-bond donors (Lipinski definition) is 0. The molecule has 0 aliphatic heterocycles. The Morgan fingerprint density at radius 2 is 2.15 bits per heavy atom. The molecular weight excluding hydrogens is 304 g/mol. The van der Waals surface area contributed by atoms with Crippen molar-refractivity contribution >= 4 is 19.7 Å². The van der Waals surface area contributed by atoms with Gasteiger partial charge in [0, 0.05) is 17.1 Å². The molecule has 0 bridgehead atoms. The molecule has 2 rings (SSSR count). The van der Waals surface area contributed by atoms with Crippen LogP contribution in [-0.4, -0.2) is 18.6 Å². The fraction of sp³-hybridized carbons (Fsp3) is 0.333. The Balaban J connectivity index is 2.21. The second-order valence-electron chi connectivity index (χ2n) is 4.13. The molecular formula is C12H13ClN2O4S. The van der Waals surface area contributed by atoms with E-state index in [4.69, 9.17) is 19.9 Å². The first-order chi connectivity index (χ1) is 9.40. The minimum absolute atomic E-state index is 0.00592. The average molecular weight is 317 g/mol. The zero-order chi connectivity index (χ0) is 14.8. The second-order valence-corrected chi connectivity index (χ2v) is 6.67. The Morgan fingerprint density at radius 1 is 1.40 bits per heavy atom. The normalized spacial score (nSPS) is 11.6. The third-order valence-electron chi connectivity index (χ3n) is 2.53. The molecule has 1 heterocycles. The molecule has 0 radical (unpaired) electrons. The van der Waals surface area contributed by atoms with Gasteiger partial charge in [-0.1, -0.05) is 18.1 Å². The van der Waals surface area contributed by atoms with Gasteiger partial charge in [-0.3, -0.25) is 0 Å². The van der Waals surface area contributed by atoms with Crippen molar-refractivity contribution in [3.05, 3.63) is 35.5 Å². The molecule has 0 saturated carbocycles. The van der Waals surface area contributed by atoms with Crippen LogP contribution in [0.2, 0.25) is 0 Å². The van der Waals surface area contributed by atoms with Gasteiger partial charge in [-0.05, 0) is 24.6 Å². The highest BCUT2D eigenvalue weighted by Gasteiger charge is 2.18. The third-order valence-corrected chi connectivity index (χ3v) is 3.87. The minimum atomic E-state index is -3.88. The van der Waals surface area contributed by atoms with Crippen LogP contribution < -0.4 is 4.74 Å². The van der Waals surface area contributed by atoms with Gasteiger partial charge in [-0.15, -0.1) is 0 Å². The molecule has 0 unspecified atom stereocenters. The van der Waals surface area contributed by atoms with Crippen molar-refractivity contribution < 1.29 is 17.7 Å². The predicted octanol–water partition coefficient (Wildman–Crippen LogP) is 2.45. The van der Waals surface area contributed by atoms with Crippen molar-refractivity contribution in [2.45, 2.75) is 31.8 Å².